The van der Waals surface area contributed by atoms with Gasteiger partial charge in [-0.25, -0.2) is 23.1 Å². The number of anilines is 1. The van der Waals surface area contributed by atoms with Crippen molar-refractivity contribution in [3.8, 4) is 17.1 Å². The Balaban J connectivity index is 1.59. The molecule has 1 saturated carbocycles. The highest BCUT2D eigenvalue weighted by molar-refractivity contribution is 5.80. The van der Waals surface area contributed by atoms with Crippen molar-refractivity contribution < 1.29 is 35.9 Å². The van der Waals surface area contributed by atoms with Crippen molar-refractivity contribution in [2.45, 2.75) is 38.0 Å². The fourth-order valence-electron chi connectivity index (χ4n) is 2.50. The molecule has 2 aromatic heterocycles. The summed E-state index contributed by atoms with van der Waals surface area (Å²) in [6.07, 6.45) is -4.51. The van der Waals surface area contributed by atoms with Crippen molar-refractivity contribution in [2.75, 3.05) is 5.43 Å². The van der Waals surface area contributed by atoms with Crippen LogP contribution < -0.4 is 15.6 Å². The molecule has 13 heteroatoms. The summed E-state index contributed by atoms with van der Waals surface area (Å²) in [5.74, 6) is -6.06. The van der Waals surface area contributed by atoms with E-state index in [0.717, 1.165) is 19.2 Å². The Morgan fingerprint density at radius 1 is 1.20 bits per heavy atom. The van der Waals surface area contributed by atoms with Gasteiger partial charge < -0.3 is 4.74 Å². The van der Waals surface area contributed by atoms with Crippen molar-refractivity contribution in [2.24, 2.45) is 5.92 Å². The predicted molar refractivity (Wildman–Crippen MR) is 90.8 cm³/mol. The standard InChI is InChI=1S/C17H15F6N5O2/c1-8(17(21,22)23)30-15-11(18)2-9(5-26-15)12-6-25-13(7-24-12)27-28-14(29)10-3-16(19,20)4-10/h2,5-8,10H,3-4H2,1H3,(H,25,27)(H,28,29)/t8-/m0/s1. The van der Waals surface area contributed by atoms with E-state index in [0.29, 0.717) is 0 Å². The average Bonchev–Trinajstić information content (AvgIpc) is 2.65. The molecule has 0 aliphatic heterocycles. The highest BCUT2D eigenvalue weighted by atomic mass is 19.4. The summed E-state index contributed by atoms with van der Waals surface area (Å²) in [5.41, 5.74) is 4.93. The van der Waals surface area contributed by atoms with Crippen molar-refractivity contribution in [1.82, 2.24) is 20.4 Å². The van der Waals surface area contributed by atoms with Crippen LogP contribution in [0.4, 0.5) is 32.2 Å². The Bertz CT molecular complexity index is 914. The van der Waals surface area contributed by atoms with E-state index in [1.165, 1.54) is 12.4 Å². The third-order valence-corrected chi connectivity index (χ3v) is 4.28. The maximum atomic E-state index is 14.0. The number of alkyl halides is 5. The molecule has 1 aliphatic rings. The zero-order valence-corrected chi connectivity index (χ0v) is 15.3. The molecule has 0 radical (unpaired) electrons. The van der Waals surface area contributed by atoms with E-state index in [2.05, 4.69) is 30.5 Å². The number of nitrogens with one attached hydrogen (secondary N) is 2. The summed E-state index contributed by atoms with van der Waals surface area (Å²) < 4.78 is 81.6. The summed E-state index contributed by atoms with van der Waals surface area (Å²) in [5, 5.41) is 0. The van der Waals surface area contributed by atoms with Crippen LogP contribution in [-0.4, -0.2) is 39.1 Å². The second kappa shape index (κ2) is 7.95. The summed E-state index contributed by atoms with van der Waals surface area (Å²) in [4.78, 5) is 23.1. The van der Waals surface area contributed by atoms with Crippen molar-refractivity contribution in [3.05, 3.63) is 30.5 Å². The van der Waals surface area contributed by atoms with E-state index in [9.17, 15) is 31.1 Å². The molecule has 30 heavy (non-hydrogen) atoms. The van der Waals surface area contributed by atoms with E-state index in [1.54, 1.807) is 0 Å². The van der Waals surface area contributed by atoms with Gasteiger partial charge >= 0.3 is 6.18 Å². The molecule has 0 bridgehead atoms. The topological polar surface area (TPSA) is 89.0 Å². The van der Waals surface area contributed by atoms with Crippen LogP contribution in [0.1, 0.15) is 19.8 Å². The number of carbonyl (C=O) groups is 1. The first-order valence-corrected chi connectivity index (χ1v) is 8.59. The molecule has 0 spiro atoms. The average molecular weight is 435 g/mol. The summed E-state index contributed by atoms with van der Waals surface area (Å²) in [6, 6.07) is 0.890. The Labute approximate surface area is 165 Å². The van der Waals surface area contributed by atoms with E-state index in [4.69, 9.17) is 0 Å². The fourth-order valence-corrected chi connectivity index (χ4v) is 2.50. The number of carbonyl (C=O) groups excluding carboxylic acids is 1. The molecule has 162 valence electrons. The van der Waals surface area contributed by atoms with Gasteiger partial charge in [0.25, 0.3) is 5.88 Å². The lowest BCUT2D eigenvalue weighted by atomic mass is 9.81. The molecule has 3 rings (SSSR count). The van der Waals surface area contributed by atoms with Crippen LogP contribution in [0.25, 0.3) is 11.3 Å². The third kappa shape index (κ3) is 5.07. The highest BCUT2D eigenvalue weighted by Crippen LogP contribution is 2.42. The van der Waals surface area contributed by atoms with E-state index < -0.39 is 54.6 Å². The zero-order chi connectivity index (χ0) is 22.1. The van der Waals surface area contributed by atoms with E-state index >= 15 is 0 Å². The molecule has 2 heterocycles. The first-order chi connectivity index (χ1) is 13.9. The monoisotopic (exact) mass is 435 g/mol. The number of pyridine rings is 1. The maximum Gasteiger partial charge on any atom is 0.425 e. The third-order valence-electron chi connectivity index (χ3n) is 4.28. The number of hydrogen-bond acceptors (Lipinski definition) is 6. The van der Waals surface area contributed by atoms with Crippen molar-refractivity contribution >= 4 is 11.7 Å². The number of nitrogens with zero attached hydrogens (tertiary/aromatic N) is 3. The number of aromatic nitrogens is 3. The predicted octanol–water partition coefficient (Wildman–Crippen LogP) is 3.50. The molecule has 1 atom stereocenters. The van der Waals surface area contributed by atoms with Crippen molar-refractivity contribution in [1.29, 1.82) is 0 Å². The van der Waals surface area contributed by atoms with Crippen LogP contribution in [-0.2, 0) is 4.79 Å². The number of amides is 1. The molecule has 0 unspecified atom stereocenters. The lowest BCUT2D eigenvalue weighted by Crippen LogP contribution is -2.46. The van der Waals surface area contributed by atoms with Crippen molar-refractivity contribution in [3.63, 3.8) is 0 Å². The lowest BCUT2D eigenvalue weighted by molar-refractivity contribution is -0.190. The number of hydrogen-bond donors (Lipinski definition) is 2. The van der Waals surface area contributed by atoms with Gasteiger partial charge in [0.1, 0.15) is 0 Å². The summed E-state index contributed by atoms with van der Waals surface area (Å²) >= 11 is 0. The molecule has 2 aromatic rings. The van der Waals surface area contributed by atoms with Gasteiger partial charge in [0, 0.05) is 24.6 Å². The number of ether oxygens (including phenoxy) is 1. The Kier molecular flexibility index (Phi) is 5.72. The van der Waals surface area contributed by atoms with Crippen LogP contribution in [0.2, 0.25) is 0 Å². The highest BCUT2D eigenvalue weighted by Gasteiger charge is 2.48. The van der Waals surface area contributed by atoms with Gasteiger partial charge in [-0.1, -0.05) is 0 Å². The van der Waals surface area contributed by atoms with Gasteiger partial charge in [-0.15, -0.1) is 0 Å². The van der Waals surface area contributed by atoms with Crippen LogP contribution in [0.15, 0.2) is 24.7 Å². The molecule has 0 saturated heterocycles. The van der Waals surface area contributed by atoms with Crippen LogP contribution >= 0.6 is 0 Å². The second-order valence-corrected chi connectivity index (χ2v) is 6.67. The molecule has 1 fully saturated rings. The number of rotatable bonds is 6. The molecule has 7 nitrogen and oxygen atoms in total. The van der Waals surface area contributed by atoms with Gasteiger partial charge in [0.2, 0.25) is 11.8 Å². The molecule has 2 N–H and O–H groups in total. The smallest absolute Gasteiger partial charge is 0.425 e. The molecular formula is C17H15F6N5O2. The number of halogens is 6. The molecule has 1 aliphatic carbocycles. The first kappa shape index (κ1) is 21.6. The molecule has 0 aromatic carbocycles. The molecule has 1 amide bonds. The first-order valence-electron chi connectivity index (χ1n) is 8.59. The van der Waals surface area contributed by atoms with Gasteiger partial charge in [0.05, 0.1) is 24.0 Å². The zero-order valence-electron chi connectivity index (χ0n) is 15.3. The van der Waals surface area contributed by atoms with E-state index in [1.807, 2.05) is 0 Å². The van der Waals surface area contributed by atoms with Gasteiger partial charge in [-0.2, -0.15) is 13.2 Å². The quantitative estimate of drug-likeness (QED) is 0.534. The van der Waals surface area contributed by atoms with Gasteiger partial charge in [-0.05, 0) is 13.0 Å². The minimum atomic E-state index is -4.67. The normalized spacial score (nSPS) is 17.0. The lowest BCUT2D eigenvalue weighted by Gasteiger charge is -2.33. The van der Waals surface area contributed by atoms with Crippen LogP contribution in [0, 0.1) is 11.7 Å². The largest absolute Gasteiger partial charge is 0.463 e. The summed E-state index contributed by atoms with van der Waals surface area (Å²) in [7, 11) is 0. The summed E-state index contributed by atoms with van der Waals surface area (Å²) in [6.45, 7) is 0.724. The van der Waals surface area contributed by atoms with Gasteiger partial charge in [-0.3, -0.25) is 20.6 Å². The minimum absolute atomic E-state index is 0.0885. The number of hydrazine groups is 1. The fraction of sp³-hybridized carbons (Fsp3) is 0.412. The maximum absolute atomic E-state index is 14.0. The van der Waals surface area contributed by atoms with E-state index in [-0.39, 0.29) is 17.1 Å². The second-order valence-electron chi connectivity index (χ2n) is 6.67. The Hall–Kier alpha value is -3.12. The Morgan fingerprint density at radius 3 is 2.43 bits per heavy atom. The van der Waals surface area contributed by atoms with Crippen LogP contribution in [0.5, 0.6) is 5.88 Å². The SMILES string of the molecule is C[C@H](Oc1ncc(-c2cnc(NNC(=O)C3CC(F)(F)C3)cn2)cc1F)C(F)(F)F. The van der Waals surface area contributed by atoms with Crippen LogP contribution in [0.3, 0.4) is 0 Å². The Morgan fingerprint density at radius 2 is 1.90 bits per heavy atom. The molecular weight excluding hydrogens is 420 g/mol. The minimum Gasteiger partial charge on any atom is -0.463 e. The van der Waals surface area contributed by atoms with Gasteiger partial charge in [0.15, 0.2) is 17.7 Å².